The first-order valence-electron chi connectivity index (χ1n) is 10.8. The molecule has 3 heterocycles. The van der Waals surface area contributed by atoms with Crippen LogP contribution in [0.5, 0.6) is 5.75 Å². The maximum Gasteiger partial charge on any atom is 0.257 e. The van der Waals surface area contributed by atoms with E-state index in [1.807, 2.05) is 18.2 Å². The van der Waals surface area contributed by atoms with E-state index in [9.17, 15) is 18.0 Å². The van der Waals surface area contributed by atoms with Crippen LogP contribution in [0.1, 0.15) is 12.1 Å². The predicted molar refractivity (Wildman–Crippen MR) is 116 cm³/mol. The normalized spacial score (nSPS) is 21.1. The molecule has 1 aromatic heterocycles. The Morgan fingerprint density at radius 2 is 2.06 bits per heavy atom. The minimum Gasteiger partial charge on any atom is -0.491 e. The van der Waals surface area contributed by atoms with Gasteiger partial charge in [-0.1, -0.05) is 12.1 Å². The Kier molecular flexibility index (Phi) is 6.83. The number of nitrogens with two attached hydrogens (primary N) is 1. The number of hydrazone groups is 1. The predicted octanol–water partition coefficient (Wildman–Crippen LogP) is 2.32. The Balaban J connectivity index is 1.47. The van der Waals surface area contributed by atoms with Crippen molar-refractivity contribution in [1.29, 1.82) is 0 Å². The zero-order valence-corrected chi connectivity index (χ0v) is 18.0. The second-order valence-electron chi connectivity index (χ2n) is 8.45. The zero-order valence-electron chi connectivity index (χ0n) is 18.0. The first-order valence-corrected chi connectivity index (χ1v) is 10.8. The van der Waals surface area contributed by atoms with Crippen LogP contribution in [0, 0.1) is 11.2 Å². The fourth-order valence-electron chi connectivity index (χ4n) is 4.46. The van der Waals surface area contributed by atoms with Crippen LogP contribution in [0.2, 0.25) is 0 Å². The van der Waals surface area contributed by atoms with Gasteiger partial charge in [0.25, 0.3) is 6.43 Å². The molecule has 0 saturated carbocycles. The van der Waals surface area contributed by atoms with Crippen LogP contribution in [0.25, 0.3) is 0 Å². The number of amides is 1. The van der Waals surface area contributed by atoms with E-state index < -0.39 is 30.2 Å². The largest absolute Gasteiger partial charge is 0.491 e. The fraction of sp³-hybridized carbons (Fsp3) is 0.435. The van der Waals surface area contributed by atoms with Crippen molar-refractivity contribution in [1.82, 2.24) is 14.9 Å². The van der Waals surface area contributed by atoms with Gasteiger partial charge in [0, 0.05) is 56.1 Å². The number of rotatable bonds is 8. The zero-order chi connectivity index (χ0) is 23.4. The van der Waals surface area contributed by atoms with E-state index in [2.05, 4.69) is 10.1 Å². The van der Waals surface area contributed by atoms with Gasteiger partial charge in [0.05, 0.1) is 12.0 Å². The van der Waals surface area contributed by atoms with Gasteiger partial charge in [-0.05, 0) is 24.3 Å². The van der Waals surface area contributed by atoms with Crippen LogP contribution in [0.4, 0.5) is 13.2 Å². The molecular formula is C23H26F3N5O2. The van der Waals surface area contributed by atoms with Gasteiger partial charge < -0.3 is 15.4 Å². The summed E-state index contributed by atoms with van der Waals surface area (Å²) in [6.45, 7) is 0.404. The van der Waals surface area contributed by atoms with Gasteiger partial charge in [0.2, 0.25) is 5.91 Å². The molecule has 0 bridgehead atoms. The van der Waals surface area contributed by atoms with E-state index in [1.54, 1.807) is 17.2 Å². The highest BCUT2D eigenvalue weighted by Gasteiger charge is 2.48. The summed E-state index contributed by atoms with van der Waals surface area (Å²) in [6, 6.07) is 10.2. The smallest absolute Gasteiger partial charge is 0.257 e. The second kappa shape index (κ2) is 9.78. The summed E-state index contributed by atoms with van der Waals surface area (Å²) >= 11 is 0. The van der Waals surface area contributed by atoms with E-state index >= 15 is 0 Å². The average molecular weight is 461 g/mol. The molecule has 1 fully saturated rings. The molecule has 2 aliphatic heterocycles. The Labute approximate surface area is 190 Å². The molecule has 1 saturated heterocycles. The highest BCUT2D eigenvalue weighted by atomic mass is 19.3. The van der Waals surface area contributed by atoms with Gasteiger partial charge in [0.15, 0.2) is 0 Å². The maximum atomic E-state index is 13.3. The summed E-state index contributed by atoms with van der Waals surface area (Å²) < 4.78 is 44.9. The average Bonchev–Trinajstić information content (AvgIpc) is 3.13. The molecule has 1 amide bonds. The van der Waals surface area contributed by atoms with Crippen LogP contribution in [-0.4, -0.2) is 71.8 Å². The summed E-state index contributed by atoms with van der Waals surface area (Å²) in [5.41, 5.74) is 7.10. The van der Waals surface area contributed by atoms with Gasteiger partial charge in [-0.15, -0.1) is 0 Å². The van der Waals surface area contributed by atoms with Crippen molar-refractivity contribution >= 4 is 11.6 Å². The second-order valence-corrected chi connectivity index (χ2v) is 8.45. The third kappa shape index (κ3) is 5.44. The summed E-state index contributed by atoms with van der Waals surface area (Å²) in [4.78, 5) is 19.1. The highest BCUT2D eigenvalue weighted by molar-refractivity contribution is 5.95. The first kappa shape index (κ1) is 23.0. The lowest BCUT2D eigenvalue weighted by atomic mass is 9.74. The molecule has 0 radical (unpaired) electrons. The number of nitrogens with zero attached hydrogens (tertiary/aromatic N) is 4. The van der Waals surface area contributed by atoms with Crippen LogP contribution >= 0.6 is 0 Å². The number of hydrogen-bond acceptors (Lipinski definition) is 6. The minimum atomic E-state index is -2.51. The lowest BCUT2D eigenvalue weighted by Gasteiger charge is -2.41. The van der Waals surface area contributed by atoms with Gasteiger partial charge in [0.1, 0.15) is 24.2 Å². The van der Waals surface area contributed by atoms with Crippen molar-refractivity contribution in [2.24, 2.45) is 16.3 Å². The Morgan fingerprint density at radius 3 is 2.79 bits per heavy atom. The minimum absolute atomic E-state index is 0.107. The van der Waals surface area contributed by atoms with Crippen LogP contribution in [0.3, 0.4) is 0 Å². The molecule has 10 heteroatoms. The molecule has 0 spiro atoms. The molecule has 2 atom stereocenters. The van der Waals surface area contributed by atoms with Crippen molar-refractivity contribution < 1.29 is 22.7 Å². The summed E-state index contributed by atoms with van der Waals surface area (Å²) in [5, 5.41) is 5.85. The highest BCUT2D eigenvalue weighted by Crippen LogP contribution is 2.37. The molecule has 33 heavy (non-hydrogen) atoms. The number of halogens is 3. The monoisotopic (exact) mass is 461 g/mol. The molecular weight excluding hydrogens is 435 g/mol. The van der Waals surface area contributed by atoms with Gasteiger partial charge in [-0.3, -0.25) is 14.8 Å². The third-order valence-corrected chi connectivity index (χ3v) is 5.92. The van der Waals surface area contributed by atoms with Crippen LogP contribution in [-0.2, 0) is 11.2 Å². The standard InChI is InChI=1S/C23H26F3N5O2/c24-16-4-3-6-18(10-16)33-13-19(27)22(32)30-9-7-20-23(14-30,11-17-5-1-2-8-28-17)15-31(29-20)12-21(25)26/h1-6,8,10,19,21H,7,9,11-15,27H2/t19-,23-/m1/s1. The van der Waals surface area contributed by atoms with Crippen molar-refractivity contribution in [3.63, 3.8) is 0 Å². The number of aromatic nitrogens is 1. The number of carbonyl (C=O) groups excluding carboxylic acids is 1. The molecule has 2 N–H and O–H groups in total. The number of fused-ring (bicyclic) bond motifs is 1. The molecule has 0 unspecified atom stereocenters. The molecule has 176 valence electrons. The topological polar surface area (TPSA) is 84.0 Å². The van der Waals surface area contributed by atoms with E-state index in [0.717, 1.165) is 11.4 Å². The lowest BCUT2D eigenvalue weighted by molar-refractivity contribution is -0.134. The first-order chi connectivity index (χ1) is 15.8. The number of piperidine rings is 1. The van der Waals surface area contributed by atoms with Crippen LogP contribution in [0.15, 0.2) is 53.8 Å². The fourth-order valence-corrected chi connectivity index (χ4v) is 4.46. The van der Waals surface area contributed by atoms with E-state index in [1.165, 1.54) is 23.2 Å². The number of alkyl halides is 2. The van der Waals surface area contributed by atoms with E-state index in [-0.39, 0.29) is 24.8 Å². The van der Waals surface area contributed by atoms with E-state index in [4.69, 9.17) is 10.5 Å². The summed E-state index contributed by atoms with van der Waals surface area (Å²) in [5.74, 6) is -0.462. The SMILES string of the molecule is N[C@H](COc1cccc(F)c1)C(=O)N1CCC2=NN(CC(F)F)C[C@@]2(Cc2ccccn2)C1. The number of carbonyl (C=O) groups is 1. The van der Waals surface area contributed by atoms with Gasteiger partial charge in [-0.2, -0.15) is 5.10 Å². The number of likely N-dealkylation sites (tertiary alicyclic amines) is 1. The molecule has 4 rings (SSSR count). The number of ether oxygens (including phenoxy) is 1. The Bertz CT molecular complexity index is 1010. The van der Waals surface area contributed by atoms with E-state index in [0.29, 0.717) is 25.9 Å². The molecule has 0 aliphatic carbocycles. The quantitative estimate of drug-likeness (QED) is 0.653. The van der Waals surface area contributed by atoms with Crippen molar-refractivity contribution in [3.8, 4) is 5.75 Å². The number of hydrogen-bond donors (Lipinski definition) is 1. The Hall–Kier alpha value is -3.14. The molecule has 7 nitrogen and oxygen atoms in total. The lowest BCUT2D eigenvalue weighted by Crippen LogP contribution is -2.57. The van der Waals surface area contributed by atoms with Gasteiger partial charge >= 0.3 is 0 Å². The number of pyridine rings is 1. The Morgan fingerprint density at radius 1 is 1.21 bits per heavy atom. The molecule has 2 aliphatic rings. The summed E-state index contributed by atoms with van der Waals surface area (Å²) in [6.07, 6.45) is 0.119. The number of benzene rings is 1. The van der Waals surface area contributed by atoms with Crippen LogP contribution < -0.4 is 10.5 Å². The third-order valence-electron chi connectivity index (χ3n) is 5.92. The van der Waals surface area contributed by atoms with Crippen molar-refractivity contribution in [2.75, 3.05) is 32.8 Å². The summed E-state index contributed by atoms with van der Waals surface area (Å²) in [7, 11) is 0. The van der Waals surface area contributed by atoms with Crippen molar-refractivity contribution in [3.05, 3.63) is 60.2 Å². The molecule has 2 aromatic rings. The van der Waals surface area contributed by atoms with Crippen molar-refractivity contribution in [2.45, 2.75) is 25.3 Å². The molecule has 1 aromatic carbocycles. The van der Waals surface area contributed by atoms with Gasteiger partial charge in [-0.25, -0.2) is 13.2 Å². The maximum absolute atomic E-state index is 13.3.